The summed E-state index contributed by atoms with van der Waals surface area (Å²) in [5.74, 6) is 0.936. The number of thiophene rings is 1. The number of carbonyl (C=O) groups is 1. The van der Waals surface area contributed by atoms with Gasteiger partial charge in [0.15, 0.2) is 0 Å². The molecule has 5 nitrogen and oxygen atoms in total. The quantitative estimate of drug-likeness (QED) is 0.452. The molecule has 1 fully saturated rings. The second-order valence-electron chi connectivity index (χ2n) is 7.39. The normalized spacial score (nSPS) is 14.4. The van der Waals surface area contributed by atoms with Gasteiger partial charge in [0.25, 0.3) is 5.91 Å². The largest absolute Gasteiger partial charge is 0.380 e. The van der Waals surface area contributed by atoms with Crippen LogP contribution in [0.4, 0.5) is 10.1 Å². The first-order valence-electron chi connectivity index (χ1n) is 9.64. The fourth-order valence-corrected chi connectivity index (χ4v) is 4.92. The number of fused-ring (bicyclic) bond motifs is 2. The molecule has 2 N–H and O–H groups in total. The molecule has 1 amide bonds. The molecule has 2 heterocycles. The fraction of sp³-hybridized carbons (Fsp3) is 0.273. The lowest BCUT2D eigenvalue weighted by Gasteiger charge is -2.22. The summed E-state index contributed by atoms with van der Waals surface area (Å²) < 4.78 is 20.3. The highest BCUT2D eigenvalue weighted by Gasteiger charge is 2.23. The molecule has 0 bridgehead atoms. The SMILES string of the molecule is COCc1c(C(=O)Nc2ccc3nc(C4CCC4)[nH]c3c2)sc2cccc(F)c12. The molecule has 148 valence electrons. The predicted octanol–water partition coefficient (Wildman–Crippen LogP) is 5.58. The first-order chi connectivity index (χ1) is 14.1. The molecule has 0 radical (unpaired) electrons. The number of rotatable bonds is 5. The van der Waals surface area contributed by atoms with Gasteiger partial charge in [0, 0.05) is 34.4 Å². The number of nitrogens with one attached hydrogen (secondary N) is 2. The Bertz CT molecular complexity index is 1230. The van der Waals surface area contributed by atoms with Crippen LogP contribution in [0.2, 0.25) is 0 Å². The van der Waals surface area contributed by atoms with Crippen LogP contribution in [0.1, 0.15) is 46.2 Å². The van der Waals surface area contributed by atoms with Crippen LogP contribution >= 0.6 is 11.3 Å². The number of aromatic amines is 1. The third-order valence-corrected chi connectivity index (χ3v) is 6.70. The van der Waals surface area contributed by atoms with E-state index in [1.807, 2.05) is 24.3 Å². The van der Waals surface area contributed by atoms with Crippen LogP contribution < -0.4 is 5.32 Å². The molecule has 1 saturated carbocycles. The van der Waals surface area contributed by atoms with Crippen molar-refractivity contribution in [1.29, 1.82) is 0 Å². The average molecular weight is 409 g/mol. The summed E-state index contributed by atoms with van der Waals surface area (Å²) in [6.07, 6.45) is 3.60. The van der Waals surface area contributed by atoms with Crippen LogP contribution in [0.15, 0.2) is 36.4 Å². The Kier molecular flexibility index (Phi) is 4.56. The van der Waals surface area contributed by atoms with Crippen molar-refractivity contribution in [2.45, 2.75) is 31.8 Å². The topological polar surface area (TPSA) is 67.0 Å². The van der Waals surface area contributed by atoms with Crippen molar-refractivity contribution in [1.82, 2.24) is 9.97 Å². The number of imidazole rings is 1. The van der Waals surface area contributed by atoms with Gasteiger partial charge in [-0.1, -0.05) is 12.5 Å². The minimum Gasteiger partial charge on any atom is -0.380 e. The molecule has 5 rings (SSSR count). The molecule has 0 atom stereocenters. The minimum absolute atomic E-state index is 0.175. The van der Waals surface area contributed by atoms with E-state index in [1.165, 1.54) is 43.8 Å². The summed E-state index contributed by atoms with van der Waals surface area (Å²) >= 11 is 1.28. The van der Waals surface area contributed by atoms with Crippen molar-refractivity contribution < 1.29 is 13.9 Å². The van der Waals surface area contributed by atoms with Gasteiger partial charge < -0.3 is 15.0 Å². The number of benzene rings is 2. The Morgan fingerprint density at radius 2 is 2.21 bits per heavy atom. The molecule has 0 aliphatic heterocycles. The van der Waals surface area contributed by atoms with E-state index in [0.29, 0.717) is 27.4 Å². The van der Waals surface area contributed by atoms with Crippen molar-refractivity contribution in [3.05, 3.63) is 58.5 Å². The number of anilines is 1. The van der Waals surface area contributed by atoms with E-state index in [1.54, 1.807) is 6.07 Å². The monoisotopic (exact) mass is 409 g/mol. The zero-order valence-electron chi connectivity index (χ0n) is 15.9. The molecule has 0 saturated heterocycles. The van der Waals surface area contributed by atoms with Gasteiger partial charge in [0.1, 0.15) is 11.6 Å². The molecule has 4 aromatic rings. The van der Waals surface area contributed by atoms with Crippen molar-refractivity contribution in [2.24, 2.45) is 0 Å². The van der Waals surface area contributed by atoms with Crippen molar-refractivity contribution >= 4 is 44.1 Å². The number of aromatic nitrogens is 2. The van der Waals surface area contributed by atoms with Crippen LogP contribution in [-0.2, 0) is 11.3 Å². The maximum Gasteiger partial charge on any atom is 0.266 e. The van der Waals surface area contributed by atoms with Crippen molar-refractivity contribution in [3.63, 3.8) is 0 Å². The van der Waals surface area contributed by atoms with Crippen LogP contribution in [0.3, 0.4) is 0 Å². The van der Waals surface area contributed by atoms with Gasteiger partial charge in [-0.25, -0.2) is 9.37 Å². The Hall–Kier alpha value is -2.77. The molecule has 7 heteroatoms. The highest BCUT2D eigenvalue weighted by atomic mass is 32.1. The number of carbonyl (C=O) groups excluding carboxylic acids is 1. The van der Waals surface area contributed by atoms with Gasteiger partial charge in [-0.05, 0) is 43.2 Å². The first-order valence-corrected chi connectivity index (χ1v) is 10.5. The van der Waals surface area contributed by atoms with E-state index in [9.17, 15) is 9.18 Å². The first kappa shape index (κ1) is 18.3. The van der Waals surface area contributed by atoms with Gasteiger partial charge in [-0.3, -0.25) is 4.79 Å². The Labute approximate surface area is 170 Å². The summed E-state index contributed by atoms with van der Waals surface area (Å²) in [6, 6.07) is 10.5. The summed E-state index contributed by atoms with van der Waals surface area (Å²) in [4.78, 5) is 21.5. The predicted molar refractivity (Wildman–Crippen MR) is 113 cm³/mol. The number of hydrogen-bond donors (Lipinski definition) is 2. The van der Waals surface area contributed by atoms with Crippen molar-refractivity contribution in [2.75, 3.05) is 12.4 Å². The Morgan fingerprint density at radius 3 is 2.97 bits per heavy atom. The maximum absolute atomic E-state index is 14.4. The van der Waals surface area contributed by atoms with Crippen LogP contribution in [0.25, 0.3) is 21.1 Å². The molecule has 1 aliphatic carbocycles. The lowest BCUT2D eigenvalue weighted by atomic mass is 9.85. The molecule has 0 unspecified atom stereocenters. The van der Waals surface area contributed by atoms with E-state index in [0.717, 1.165) is 21.6 Å². The van der Waals surface area contributed by atoms with Gasteiger partial charge in [-0.2, -0.15) is 0 Å². The number of H-pyrrole nitrogens is 1. The van der Waals surface area contributed by atoms with Crippen molar-refractivity contribution in [3.8, 4) is 0 Å². The zero-order chi connectivity index (χ0) is 20.0. The highest BCUT2D eigenvalue weighted by Crippen LogP contribution is 2.36. The molecule has 29 heavy (non-hydrogen) atoms. The van der Waals surface area contributed by atoms with E-state index in [-0.39, 0.29) is 18.3 Å². The molecule has 2 aromatic heterocycles. The zero-order valence-corrected chi connectivity index (χ0v) is 16.7. The third-order valence-electron chi connectivity index (χ3n) is 5.51. The van der Waals surface area contributed by atoms with E-state index < -0.39 is 0 Å². The lowest BCUT2D eigenvalue weighted by Crippen LogP contribution is -2.12. The maximum atomic E-state index is 14.4. The minimum atomic E-state index is -0.341. The molecule has 0 spiro atoms. The Balaban J connectivity index is 1.46. The van der Waals surface area contributed by atoms with E-state index >= 15 is 0 Å². The Morgan fingerprint density at radius 1 is 1.34 bits per heavy atom. The summed E-state index contributed by atoms with van der Waals surface area (Å²) in [6.45, 7) is 0.175. The molecular formula is C22H20FN3O2S. The number of ether oxygens (including phenoxy) is 1. The number of amides is 1. The molecule has 2 aromatic carbocycles. The number of methoxy groups -OCH3 is 1. The second-order valence-corrected chi connectivity index (χ2v) is 8.44. The number of hydrogen-bond acceptors (Lipinski definition) is 4. The lowest BCUT2D eigenvalue weighted by molar-refractivity contribution is 0.102. The van der Waals surface area contributed by atoms with Gasteiger partial charge in [0.2, 0.25) is 0 Å². The van der Waals surface area contributed by atoms with E-state index in [2.05, 4.69) is 15.3 Å². The average Bonchev–Trinajstić information content (AvgIpc) is 3.22. The summed E-state index contributed by atoms with van der Waals surface area (Å²) in [5, 5.41) is 3.40. The summed E-state index contributed by atoms with van der Waals surface area (Å²) in [5.41, 5.74) is 3.06. The van der Waals surface area contributed by atoms with Crippen LogP contribution in [-0.4, -0.2) is 23.0 Å². The highest BCUT2D eigenvalue weighted by molar-refractivity contribution is 7.21. The van der Waals surface area contributed by atoms with Gasteiger partial charge >= 0.3 is 0 Å². The number of halogens is 1. The summed E-state index contributed by atoms with van der Waals surface area (Å²) in [7, 11) is 1.54. The number of nitrogens with zero attached hydrogens (tertiary/aromatic N) is 1. The van der Waals surface area contributed by atoms with Gasteiger partial charge in [-0.15, -0.1) is 11.3 Å². The smallest absolute Gasteiger partial charge is 0.266 e. The van der Waals surface area contributed by atoms with Crippen LogP contribution in [0.5, 0.6) is 0 Å². The standard InChI is InChI=1S/C22H20FN3O2S/c1-28-11-14-19-15(23)6-3-7-18(19)29-20(14)22(27)24-13-8-9-16-17(10-13)26-21(25-16)12-4-2-5-12/h3,6-10,12H,2,4-5,11H2,1H3,(H,24,27)(H,25,26). The third kappa shape index (κ3) is 3.20. The van der Waals surface area contributed by atoms with Crippen LogP contribution in [0, 0.1) is 5.82 Å². The van der Waals surface area contributed by atoms with E-state index in [4.69, 9.17) is 4.74 Å². The molecular weight excluding hydrogens is 389 g/mol. The second kappa shape index (κ2) is 7.24. The fourth-order valence-electron chi connectivity index (χ4n) is 3.80. The molecule has 1 aliphatic rings. The van der Waals surface area contributed by atoms with Gasteiger partial charge in [0.05, 0.1) is 22.5 Å².